The number of carboxylic acid groups (broad SMARTS) is 1. The van der Waals surface area contributed by atoms with Crippen LogP contribution in [-0.2, 0) is 22.4 Å². The predicted molar refractivity (Wildman–Crippen MR) is 74.2 cm³/mol. The molecule has 0 aromatic carbocycles. The van der Waals surface area contributed by atoms with Gasteiger partial charge in [0.05, 0.1) is 18.0 Å². The number of rotatable bonds is 2. The minimum atomic E-state index is -1.01. The number of ether oxygens (including phenoxy) is 1. The highest BCUT2D eigenvalue weighted by molar-refractivity contribution is 7.14. The molecule has 1 atom stereocenters. The average Bonchev–Trinajstić information content (AvgIpc) is 2.90. The van der Waals surface area contributed by atoms with Crippen molar-refractivity contribution in [3.05, 3.63) is 21.4 Å². The van der Waals surface area contributed by atoms with E-state index in [9.17, 15) is 9.59 Å². The summed E-state index contributed by atoms with van der Waals surface area (Å²) in [7, 11) is 0. The van der Waals surface area contributed by atoms with Crippen molar-refractivity contribution in [2.45, 2.75) is 31.8 Å². The van der Waals surface area contributed by atoms with Gasteiger partial charge in [-0.25, -0.2) is 4.79 Å². The third-order valence-corrected chi connectivity index (χ3v) is 5.06. The Morgan fingerprint density at radius 1 is 1.35 bits per heavy atom. The number of carboxylic acids is 1. The van der Waals surface area contributed by atoms with Gasteiger partial charge in [0.25, 0.3) is 5.91 Å². The van der Waals surface area contributed by atoms with Crippen molar-refractivity contribution < 1.29 is 19.4 Å². The molecule has 1 fully saturated rings. The molecule has 0 unspecified atom stereocenters. The molecular formula is C14H17NO4S. The molecule has 5 nitrogen and oxygen atoms in total. The number of fused-ring (bicyclic) bond motifs is 1. The quantitative estimate of drug-likeness (QED) is 0.899. The molecule has 1 N–H and O–H groups in total. The van der Waals surface area contributed by atoms with Gasteiger partial charge in [0.1, 0.15) is 0 Å². The third kappa shape index (κ3) is 2.58. The minimum Gasteiger partial charge on any atom is -0.479 e. The standard InChI is InChI=1S/C14H17NO4S/c16-13(15-5-6-19-10(8-15)14(17)18)12-7-9-3-1-2-4-11(9)20-12/h7,10H,1-6,8H2,(H,17,18)/t10-/m1/s1. The zero-order chi connectivity index (χ0) is 14.1. The van der Waals surface area contributed by atoms with Crippen LogP contribution >= 0.6 is 11.3 Å². The fraction of sp³-hybridized carbons (Fsp3) is 0.571. The molecule has 20 heavy (non-hydrogen) atoms. The molecule has 1 aliphatic carbocycles. The molecule has 3 rings (SSSR count). The first-order valence-corrected chi connectivity index (χ1v) is 7.72. The van der Waals surface area contributed by atoms with E-state index in [0.29, 0.717) is 6.54 Å². The summed E-state index contributed by atoms with van der Waals surface area (Å²) in [6.45, 7) is 0.885. The fourth-order valence-electron chi connectivity index (χ4n) is 2.74. The number of aliphatic carboxylic acids is 1. The van der Waals surface area contributed by atoms with Crippen LogP contribution in [-0.4, -0.2) is 47.7 Å². The minimum absolute atomic E-state index is 0.0565. The van der Waals surface area contributed by atoms with Crippen LogP contribution < -0.4 is 0 Å². The lowest BCUT2D eigenvalue weighted by atomic mass is 9.99. The smallest absolute Gasteiger partial charge is 0.334 e. The average molecular weight is 295 g/mol. The van der Waals surface area contributed by atoms with Crippen LogP contribution in [0.5, 0.6) is 0 Å². The van der Waals surface area contributed by atoms with E-state index < -0.39 is 12.1 Å². The van der Waals surface area contributed by atoms with Gasteiger partial charge in [0.15, 0.2) is 6.10 Å². The molecule has 1 aliphatic heterocycles. The van der Waals surface area contributed by atoms with E-state index >= 15 is 0 Å². The first kappa shape index (κ1) is 13.6. The van der Waals surface area contributed by atoms with Crippen molar-refractivity contribution in [2.75, 3.05) is 19.7 Å². The largest absolute Gasteiger partial charge is 0.479 e. The molecule has 1 aromatic heterocycles. The third-order valence-electron chi connectivity index (χ3n) is 3.84. The van der Waals surface area contributed by atoms with Crippen LogP contribution in [0.2, 0.25) is 0 Å². The lowest BCUT2D eigenvalue weighted by Gasteiger charge is -2.30. The summed E-state index contributed by atoms with van der Waals surface area (Å²) in [4.78, 5) is 27.1. The van der Waals surface area contributed by atoms with E-state index in [2.05, 4.69) is 0 Å². The van der Waals surface area contributed by atoms with Crippen molar-refractivity contribution in [1.82, 2.24) is 4.90 Å². The Morgan fingerprint density at radius 3 is 2.90 bits per heavy atom. The lowest BCUT2D eigenvalue weighted by molar-refractivity contribution is -0.154. The summed E-state index contributed by atoms with van der Waals surface area (Å²) in [5.41, 5.74) is 1.30. The molecule has 108 valence electrons. The number of nitrogens with zero attached hydrogens (tertiary/aromatic N) is 1. The maximum Gasteiger partial charge on any atom is 0.334 e. The van der Waals surface area contributed by atoms with E-state index in [1.165, 1.54) is 23.3 Å². The van der Waals surface area contributed by atoms with E-state index in [1.54, 1.807) is 16.2 Å². The number of amides is 1. The van der Waals surface area contributed by atoms with Gasteiger partial charge in [-0.3, -0.25) is 4.79 Å². The van der Waals surface area contributed by atoms with Gasteiger partial charge < -0.3 is 14.7 Å². The highest BCUT2D eigenvalue weighted by Gasteiger charge is 2.30. The summed E-state index contributed by atoms with van der Waals surface area (Å²) in [5.74, 6) is -1.06. The fourth-order valence-corrected chi connectivity index (χ4v) is 3.96. The first-order valence-electron chi connectivity index (χ1n) is 6.90. The zero-order valence-electron chi connectivity index (χ0n) is 11.1. The Balaban J connectivity index is 1.75. The topological polar surface area (TPSA) is 66.8 Å². The van der Waals surface area contributed by atoms with Gasteiger partial charge in [-0.05, 0) is 37.3 Å². The van der Waals surface area contributed by atoms with Gasteiger partial charge in [-0.1, -0.05) is 0 Å². The van der Waals surface area contributed by atoms with Crippen LogP contribution in [0.15, 0.2) is 6.07 Å². The molecule has 0 radical (unpaired) electrons. The summed E-state index contributed by atoms with van der Waals surface area (Å²) in [6.07, 6.45) is 3.60. The maximum absolute atomic E-state index is 12.5. The maximum atomic E-state index is 12.5. The lowest BCUT2D eigenvalue weighted by Crippen LogP contribution is -2.48. The van der Waals surface area contributed by atoms with E-state index in [-0.39, 0.29) is 19.1 Å². The predicted octanol–water partition coefficient (Wildman–Crippen LogP) is 1.55. The Bertz CT molecular complexity index is 516. The number of aryl methyl sites for hydroxylation is 2. The normalized spacial score (nSPS) is 22.4. The second kappa shape index (κ2) is 5.54. The number of carbonyl (C=O) groups is 2. The summed E-state index contributed by atoms with van der Waals surface area (Å²) < 4.78 is 5.15. The van der Waals surface area contributed by atoms with Gasteiger partial charge >= 0.3 is 5.97 Å². The van der Waals surface area contributed by atoms with Crippen LogP contribution in [0.1, 0.15) is 33.0 Å². The van der Waals surface area contributed by atoms with Crippen LogP contribution in [0, 0.1) is 0 Å². The molecule has 2 heterocycles. The molecule has 2 aliphatic rings. The number of thiophene rings is 1. The number of carbonyl (C=O) groups excluding carboxylic acids is 1. The monoisotopic (exact) mass is 295 g/mol. The second-order valence-electron chi connectivity index (χ2n) is 5.22. The molecular weight excluding hydrogens is 278 g/mol. The van der Waals surface area contributed by atoms with Crippen molar-refractivity contribution in [3.63, 3.8) is 0 Å². The Hall–Kier alpha value is -1.40. The molecule has 1 aromatic rings. The van der Waals surface area contributed by atoms with Gasteiger partial charge in [-0.15, -0.1) is 11.3 Å². The number of hydrogen-bond donors (Lipinski definition) is 1. The van der Waals surface area contributed by atoms with Gasteiger partial charge in [0, 0.05) is 11.4 Å². The second-order valence-corrected chi connectivity index (χ2v) is 6.35. The molecule has 1 amide bonds. The van der Waals surface area contributed by atoms with Crippen LogP contribution in [0.25, 0.3) is 0 Å². The van der Waals surface area contributed by atoms with Gasteiger partial charge in [-0.2, -0.15) is 0 Å². The highest BCUT2D eigenvalue weighted by atomic mass is 32.1. The molecule has 1 saturated heterocycles. The van der Waals surface area contributed by atoms with Crippen LogP contribution in [0.3, 0.4) is 0 Å². The SMILES string of the molecule is O=C(O)[C@H]1CN(C(=O)c2cc3c(s2)CCCC3)CCO1. The Labute approximate surface area is 121 Å². The van der Waals surface area contributed by atoms with Crippen molar-refractivity contribution in [2.24, 2.45) is 0 Å². The van der Waals surface area contributed by atoms with Crippen LogP contribution in [0.4, 0.5) is 0 Å². The highest BCUT2D eigenvalue weighted by Crippen LogP contribution is 2.30. The molecule has 0 bridgehead atoms. The van der Waals surface area contributed by atoms with E-state index in [0.717, 1.165) is 17.7 Å². The van der Waals surface area contributed by atoms with E-state index in [1.807, 2.05) is 6.07 Å². The zero-order valence-corrected chi connectivity index (χ0v) is 11.9. The van der Waals surface area contributed by atoms with Crippen molar-refractivity contribution in [3.8, 4) is 0 Å². The first-order chi connectivity index (χ1) is 9.65. The summed E-state index contributed by atoms with van der Waals surface area (Å²) in [6, 6.07) is 1.99. The van der Waals surface area contributed by atoms with Crippen molar-refractivity contribution >= 4 is 23.2 Å². The van der Waals surface area contributed by atoms with E-state index in [4.69, 9.17) is 9.84 Å². The number of morpholine rings is 1. The molecule has 0 spiro atoms. The number of hydrogen-bond acceptors (Lipinski definition) is 4. The molecule has 0 saturated carbocycles. The van der Waals surface area contributed by atoms with Gasteiger partial charge in [0.2, 0.25) is 0 Å². The Kier molecular flexibility index (Phi) is 3.76. The van der Waals surface area contributed by atoms with Crippen molar-refractivity contribution in [1.29, 1.82) is 0 Å². The Morgan fingerprint density at radius 2 is 2.15 bits per heavy atom. The molecule has 6 heteroatoms. The summed E-state index contributed by atoms with van der Waals surface area (Å²) >= 11 is 1.57. The summed E-state index contributed by atoms with van der Waals surface area (Å²) in [5, 5.41) is 8.98.